The summed E-state index contributed by atoms with van der Waals surface area (Å²) in [6.45, 7) is 2.28. The number of rotatable bonds is 0. The molecule has 66 valence electrons. The molecule has 2 saturated carbocycles. The van der Waals surface area contributed by atoms with E-state index in [0.29, 0.717) is 18.3 Å². The summed E-state index contributed by atoms with van der Waals surface area (Å²) in [7, 11) is 0. The second-order valence-corrected chi connectivity index (χ2v) is 5.16. The first-order chi connectivity index (χ1) is 5.76. The van der Waals surface area contributed by atoms with Crippen molar-refractivity contribution in [2.24, 2.45) is 11.8 Å². The van der Waals surface area contributed by atoms with Gasteiger partial charge in [-0.3, -0.25) is 0 Å². The molecule has 6 atom stereocenters. The zero-order valence-corrected chi connectivity index (χ0v) is 7.32. The van der Waals surface area contributed by atoms with Crippen LogP contribution < -0.4 is 0 Å². The second kappa shape index (κ2) is 1.60. The van der Waals surface area contributed by atoms with Gasteiger partial charge in [-0.15, -0.1) is 0 Å². The van der Waals surface area contributed by atoms with Crippen molar-refractivity contribution in [2.45, 2.75) is 50.1 Å². The molecular weight excluding hydrogens is 152 g/mol. The number of epoxide rings is 2. The molecule has 2 heteroatoms. The fraction of sp³-hybridized carbons (Fsp3) is 1.00. The molecule has 2 aliphatic carbocycles. The summed E-state index contributed by atoms with van der Waals surface area (Å²) in [5, 5.41) is 0. The number of fused-ring (bicyclic) bond motifs is 4. The van der Waals surface area contributed by atoms with Crippen molar-refractivity contribution < 1.29 is 9.47 Å². The summed E-state index contributed by atoms with van der Waals surface area (Å²) in [6.07, 6.45) is 5.79. The molecule has 2 heterocycles. The third kappa shape index (κ3) is 0.612. The van der Waals surface area contributed by atoms with Crippen LogP contribution in [0.1, 0.15) is 26.2 Å². The van der Waals surface area contributed by atoms with Crippen molar-refractivity contribution >= 4 is 0 Å². The Morgan fingerprint density at radius 3 is 3.17 bits per heavy atom. The van der Waals surface area contributed by atoms with Crippen LogP contribution in [-0.4, -0.2) is 23.9 Å². The largest absolute Gasteiger partial charge is 0.369 e. The predicted octanol–water partition coefficient (Wildman–Crippen LogP) is 1.34. The Morgan fingerprint density at radius 2 is 2.25 bits per heavy atom. The van der Waals surface area contributed by atoms with E-state index in [-0.39, 0.29) is 5.60 Å². The first kappa shape index (κ1) is 6.39. The molecule has 2 aliphatic heterocycles. The van der Waals surface area contributed by atoms with Gasteiger partial charge in [0.25, 0.3) is 0 Å². The molecule has 0 radical (unpaired) electrons. The van der Waals surface area contributed by atoms with Crippen molar-refractivity contribution in [1.82, 2.24) is 0 Å². The van der Waals surface area contributed by atoms with Gasteiger partial charge in [0.05, 0.1) is 23.9 Å². The Labute approximate surface area is 72.2 Å². The van der Waals surface area contributed by atoms with Crippen LogP contribution in [0.15, 0.2) is 0 Å². The third-order valence-corrected chi connectivity index (χ3v) is 4.37. The Morgan fingerprint density at radius 1 is 1.33 bits per heavy atom. The van der Waals surface area contributed by atoms with Gasteiger partial charge in [-0.05, 0) is 38.0 Å². The van der Waals surface area contributed by atoms with Gasteiger partial charge in [0.2, 0.25) is 0 Å². The minimum Gasteiger partial charge on any atom is -0.369 e. The first-order valence-corrected chi connectivity index (χ1v) is 5.09. The van der Waals surface area contributed by atoms with Crippen LogP contribution in [0.5, 0.6) is 0 Å². The van der Waals surface area contributed by atoms with Gasteiger partial charge >= 0.3 is 0 Å². The quantitative estimate of drug-likeness (QED) is 0.507. The Hall–Kier alpha value is -0.0800. The fourth-order valence-corrected chi connectivity index (χ4v) is 3.56. The third-order valence-electron chi connectivity index (χ3n) is 4.37. The van der Waals surface area contributed by atoms with E-state index in [4.69, 9.17) is 9.47 Å². The van der Waals surface area contributed by atoms with Crippen LogP contribution in [0.2, 0.25) is 0 Å². The molecule has 0 spiro atoms. The number of ether oxygens (including phenoxy) is 2. The van der Waals surface area contributed by atoms with E-state index in [2.05, 4.69) is 6.92 Å². The Bertz CT molecular complexity index is 252. The van der Waals surface area contributed by atoms with Gasteiger partial charge in [0.1, 0.15) is 0 Å². The smallest absolute Gasteiger partial charge is 0.0923 e. The second-order valence-electron chi connectivity index (χ2n) is 5.16. The maximum Gasteiger partial charge on any atom is 0.0923 e. The van der Waals surface area contributed by atoms with Crippen LogP contribution in [0.25, 0.3) is 0 Å². The summed E-state index contributed by atoms with van der Waals surface area (Å²) in [5.41, 5.74) is 0.290. The molecule has 0 aromatic heterocycles. The summed E-state index contributed by atoms with van der Waals surface area (Å²) >= 11 is 0. The lowest BCUT2D eigenvalue weighted by Crippen LogP contribution is -2.29. The minimum absolute atomic E-state index is 0.290. The van der Waals surface area contributed by atoms with Crippen molar-refractivity contribution in [2.75, 3.05) is 0 Å². The molecule has 4 aliphatic rings. The molecule has 0 amide bonds. The highest BCUT2D eigenvalue weighted by Crippen LogP contribution is 2.60. The first-order valence-electron chi connectivity index (χ1n) is 5.09. The number of hydrogen-bond acceptors (Lipinski definition) is 2. The minimum atomic E-state index is 0.290. The molecule has 0 N–H and O–H groups in total. The average Bonchev–Trinajstić information content (AvgIpc) is 2.85. The van der Waals surface area contributed by atoms with Crippen LogP contribution in [0.4, 0.5) is 0 Å². The summed E-state index contributed by atoms with van der Waals surface area (Å²) < 4.78 is 11.3. The predicted molar refractivity (Wildman–Crippen MR) is 42.8 cm³/mol. The lowest BCUT2D eigenvalue weighted by molar-refractivity contribution is 0.154. The van der Waals surface area contributed by atoms with E-state index in [1.807, 2.05) is 0 Å². The molecule has 4 fully saturated rings. The maximum atomic E-state index is 5.71. The highest BCUT2D eigenvalue weighted by molar-refractivity contribution is 5.14. The molecule has 0 bridgehead atoms. The van der Waals surface area contributed by atoms with E-state index in [1.165, 1.54) is 19.3 Å². The van der Waals surface area contributed by atoms with Crippen molar-refractivity contribution in [3.63, 3.8) is 0 Å². The molecule has 12 heavy (non-hydrogen) atoms. The van der Waals surface area contributed by atoms with E-state index in [0.717, 1.165) is 11.8 Å². The van der Waals surface area contributed by atoms with Gasteiger partial charge in [-0.25, -0.2) is 0 Å². The van der Waals surface area contributed by atoms with Gasteiger partial charge in [0.15, 0.2) is 0 Å². The van der Waals surface area contributed by atoms with Crippen LogP contribution >= 0.6 is 0 Å². The highest BCUT2D eigenvalue weighted by Gasteiger charge is 2.66. The standard InChI is InChI=1S/C10H14O2/c1-10-4-5-2-7-9(11-7)6(5)3-8(10)12-10/h5-9H,2-4H2,1H3. The van der Waals surface area contributed by atoms with E-state index in [1.54, 1.807) is 0 Å². The number of hydrogen-bond donors (Lipinski definition) is 0. The van der Waals surface area contributed by atoms with Crippen LogP contribution in [0, 0.1) is 11.8 Å². The SMILES string of the molecule is CC12CC3CC4OC4C3CC1O2. The van der Waals surface area contributed by atoms with Crippen LogP contribution in [-0.2, 0) is 9.47 Å². The van der Waals surface area contributed by atoms with Crippen molar-refractivity contribution in [3.8, 4) is 0 Å². The average molecular weight is 166 g/mol. The summed E-state index contributed by atoms with van der Waals surface area (Å²) in [6, 6.07) is 0. The van der Waals surface area contributed by atoms with Crippen LogP contribution in [0.3, 0.4) is 0 Å². The molecule has 2 nitrogen and oxygen atoms in total. The molecule has 2 saturated heterocycles. The lowest BCUT2D eigenvalue weighted by Gasteiger charge is -2.27. The molecule has 0 aromatic rings. The normalized spacial score (nSPS) is 71.2. The zero-order chi connectivity index (χ0) is 7.92. The zero-order valence-electron chi connectivity index (χ0n) is 7.32. The monoisotopic (exact) mass is 166 g/mol. The van der Waals surface area contributed by atoms with Gasteiger partial charge in [0, 0.05) is 0 Å². The maximum absolute atomic E-state index is 5.71. The fourth-order valence-electron chi connectivity index (χ4n) is 3.56. The Balaban J connectivity index is 1.65. The summed E-state index contributed by atoms with van der Waals surface area (Å²) in [4.78, 5) is 0. The summed E-state index contributed by atoms with van der Waals surface area (Å²) in [5.74, 6) is 1.79. The van der Waals surface area contributed by atoms with Crippen molar-refractivity contribution in [1.29, 1.82) is 0 Å². The van der Waals surface area contributed by atoms with E-state index >= 15 is 0 Å². The molecule has 0 aromatic carbocycles. The van der Waals surface area contributed by atoms with Crippen molar-refractivity contribution in [3.05, 3.63) is 0 Å². The Kier molecular flexibility index (Phi) is 0.851. The lowest BCUT2D eigenvalue weighted by atomic mass is 9.76. The van der Waals surface area contributed by atoms with Gasteiger partial charge in [-0.1, -0.05) is 0 Å². The molecule has 4 rings (SSSR count). The van der Waals surface area contributed by atoms with Gasteiger partial charge < -0.3 is 9.47 Å². The van der Waals surface area contributed by atoms with E-state index in [9.17, 15) is 0 Å². The highest BCUT2D eigenvalue weighted by atomic mass is 16.6. The molecular formula is C10H14O2. The topological polar surface area (TPSA) is 25.1 Å². The van der Waals surface area contributed by atoms with Gasteiger partial charge in [-0.2, -0.15) is 0 Å². The van der Waals surface area contributed by atoms with E-state index < -0.39 is 0 Å². The molecule has 6 unspecified atom stereocenters.